The van der Waals surface area contributed by atoms with Crippen LogP contribution in [0.15, 0.2) is 65.3 Å². The molecule has 1 aromatic heterocycles. The number of benzene rings is 2. The van der Waals surface area contributed by atoms with Crippen molar-refractivity contribution in [3.63, 3.8) is 0 Å². The number of rotatable bonds is 7. The molecule has 4 heteroatoms. The van der Waals surface area contributed by atoms with E-state index in [1.165, 1.54) is 62.3 Å². The van der Waals surface area contributed by atoms with Gasteiger partial charge in [-0.25, -0.2) is 4.79 Å². The van der Waals surface area contributed by atoms with Gasteiger partial charge in [-0.15, -0.1) is 0 Å². The van der Waals surface area contributed by atoms with Crippen LogP contribution in [-0.2, 0) is 11.2 Å². The van der Waals surface area contributed by atoms with Crippen LogP contribution in [-0.4, -0.2) is 12.6 Å². The first-order valence-corrected chi connectivity index (χ1v) is 14.1. The van der Waals surface area contributed by atoms with Crippen LogP contribution in [0.25, 0.3) is 11.3 Å². The van der Waals surface area contributed by atoms with Crippen LogP contribution >= 0.6 is 0 Å². The molecule has 0 bridgehead atoms. The zero-order valence-corrected chi connectivity index (χ0v) is 22.2. The average molecular weight is 500 g/mol. The minimum absolute atomic E-state index is 0.0583. The highest BCUT2D eigenvalue weighted by atomic mass is 16.5. The van der Waals surface area contributed by atoms with E-state index in [4.69, 9.17) is 13.9 Å². The summed E-state index contributed by atoms with van der Waals surface area (Å²) in [6.07, 6.45) is 14.2. The SMILES string of the molecule is C[CH-]C1CCCCC(C2CCc3ccccc3C2Oc2ccc(-c3occc3C(=O)OCC)cc2)CC1. The second-order valence-electron chi connectivity index (χ2n) is 10.6. The van der Waals surface area contributed by atoms with Crippen molar-refractivity contribution in [3.05, 3.63) is 84.0 Å². The third-order valence-electron chi connectivity index (χ3n) is 8.42. The lowest BCUT2D eigenvalue weighted by molar-refractivity contribution is 0.0526. The first-order chi connectivity index (χ1) is 18.2. The first-order valence-electron chi connectivity index (χ1n) is 14.1. The number of hydrogen-bond donors (Lipinski definition) is 0. The largest absolute Gasteiger partial charge is 0.485 e. The zero-order chi connectivity index (χ0) is 25.6. The molecule has 37 heavy (non-hydrogen) atoms. The maximum absolute atomic E-state index is 12.3. The van der Waals surface area contributed by atoms with Crippen molar-refractivity contribution in [2.45, 2.75) is 71.3 Å². The highest BCUT2D eigenvalue weighted by Gasteiger charge is 2.36. The van der Waals surface area contributed by atoms with E-state index in [0.29, 0.717) is 29.8 Å². The smallest absolute Gasteiger partial charge is 0.342 e. The monoisotopic (exact) mass is 499 g/mol. The van der Waals surface area contributed by atoms with Gasteiger partial charge in [0.15, 0.2) is 0 Å². The Morgan fingerprint density at radius 3 is 2.59 bits per heavy atom. The van der Waals surface area contributed by atoms with E-state index in [1.807, 2.05) is 24.3 Å². The molecule has 0 radical (unpaired) electrons. The zero-order valence-electron chi connectivity index (χ0n) is 22.2. The second kappa shape index (κ2) is 12.0. The molecule has 0 spiro atoms. The van der Waals surface area contributed by atoms with E-state index in [1.54, 1.807) is 13.0 Å². The Morgan fingerprint density at radius 2 is 1.78 bits per heavy atom. The molecular formula is C33H39O4-. The Kier molecular flexibility index (Phi) is 8.33. The molecule has 2 aliphatic rings. The van der Waals surface area contributed by atoms with E-state index in [0.717, 1.165) is 23.7 Å². The van der Waals surface area contributed by atoms with Gasteiger partial charge in [0.25, 0.3) is 0 Å². The molecule has 0 saturated heterocycles. The Bertz CT molecular complexity index is 1160. The van der Waals surface area contributed by atoms with Crippen molar-refractivity contribution in [2.75, 3.05) is 6.61 Å². The molecule has 1 fully saturated rings. The highest BCUT2D eigenvalue weighted by molar-refractivity contribution is 5.95. The quantitative estimate of drug-likeness (QED) is 0.241. The highest BCUT2D eigenvalue weighted by Crippen LogP contribution is 2.45. The summed E-state index contributed by atoms with van der Waals surface area (Å²) < 4.78 is 17.7. The average Bonchev–Trinajstić information content (AvgIpc) is 3.40. The molecule has 0 amide bonds. The van der Waals surface area contributed by atoms with Gasteiger partial charge >= 0.3 is 5.97 Å². The van der Waals surface area contributed by atoms with Crippen LogP contribution in [0.2, 0.25) is 0 Å². The molecule has 4 unspecified atom stereocenters. The summed E-state index contributed by atoms with van der Waals surface area (Å²) in [5, 5.41) is 0. The summed E-state index contributed by atoms with van der Waals surface area (Å²) in [7, 11) is 0. The third kappa shape index (κ3) is 5.79. The molecule has 4 atom stereocenters. The van der Waals surface area contributed by atoms with Crippen LogP contribution in [0.5, 0.6) is 5.75 Å². The van der Waals surface area contributed by atoms with Crippen molar-refractivity contribution in [1.29, 1.82) is 0 Å². The predicted molar refractivity (Wildman–Crippen MR) is 146 cm³/mol. The number of carbonyl (C=O) groups excluding carboxylic acids is 1. The van der Waals surface area contributed by atoms with Crippen molar-refractivity contribution >= 4 is 5.97 Å². The Hall–Kier alpha value is -3.01. The molecule has 0 aliphatic heterocycles. The minimum atomic E-state index is -0.365. The maximum atomic E-state index is 12.3. The number of fused-ring (bicyclic) bond motifs is 1. The summed E-state index contributed by atoms with van der Waals surface area (Å²) in [5.74, 6) is 2.98. The lowest BCUT2D eigenvalue weighted by atomic mass is 9.70. The Balaban J connectivity index is 1.38. The molecule has 5 rings (SSSR count). The van der Waals surface area contributed by atoms with Crippen LogP contribution in [0.1, 0.15) is 86.4 Å². The van der Waals surface area contributed by atoms with Crippen molar-refractivity contribution in [3.8, 4) is 17.1 Å². The Morgan fingerprint density at radius 1 is 0.973 bits per heavy atom. The third-order valence-corrected chi connectivity index (χ3v) is 8.42. The summed E-state index contributed by atoms with van der Waals surface area (Å²) in [5.41, 5.74) is 4.05. The molecule has 2 aliphatic carbocycles. The number of carbonyl (C=O) groups is 1. The van der Waals surface area contributed by atoms with Gasteiger partial charge in [-0.1, -0.05) is 62.8 Å². The normalized spacial score (nSPS) is 23.9. The van der Waals surface area contributed by atoms with Gasteiger partial charge in [-0.3, -0.25) is 0 Å². The van der Waals surface area contributed by atoms with Crippen LogP contribution in [0, 0.1) is 24.2 Å². The molecule has 196 valence electrons. The number of aryl methyl sites for hydroxylation is 1. The lowest BCUT2D eigenvalue weighted by Crippen LogP contribution is -2.31. The number of furan rings is 1. The molecule has 2 aromatic carbocycles. The van der Waals surface area contributed by atoms with E-state index >= 15 is 0 Å². The van der Waals surface area contributed by atoms with E-state index < -0.39 is 0 Å². The van der Waals surface area contributed by atoms with E-state index in [-0.39, 0.29) is 12.1 Å². The van der Waals surface area contributed by atoms with Gasteiger partial charge in [-0.05, 0) is 67.1 Å². The Labute approximate surface area is 221 Å². The predicted octanol–water partition coefficient (Wildman–Crippen LogP) is 8.62. The molecule has 1 saturated carbocycles. The summed E-state index contributed by atoms with van der Waals surface area (Å²) in [6.45, 7) is 4.36. The lowest BCUT2D eigenvalue weighted by Gasteiger charge is -2.40. The van der Waals surface area contributed by atoms with Gasteiger partial charge in [0, 0.05) is 11.5 Å². The minimum Gasteiger partial charge on any atom is -0.485 e. The fraction of sp³-hybridized carbons (Fsp3) is 0.455. The summed E-state index contributed by atoms with van der Waals surface area (Å²) in [4.78, 5) is 12.3. The standard InChI is InChI=1S/C33H39O4/c1-3-23-9-5-6-10-24(14-13-23)29-20-17-25-11-7-8-12-28(25)32(29)37-27-18-15-26(16-19-27)31-30(21-22-36-31)33(34)35-4-2/h3,7-8,11-12,15-16,18-19,21-24,29,32H,4-6,9-10,13-14,17,20H2,1-2H3/q-1. The van der Waals surface area contributed by atoms with Gasteiger partial charge in [0.1, 0.15) is 23.2 Å². The molecule has 1 heterocycles. The molecule has 4 nitrogen and oxygen atoms in total. The van der Waals surface area contributed by atoms with E-state index in [2.05, 4.69) is 37.6 Å². The molecule has 0 N–H and O–H groups in total. The van der Waals surface area contributed by atoms with Crippen molar-refractivity contribution in [2.24, 2.45) is 17.8 Å². The topological polar surface area (TPSA) is 48.7 Å². The molecular weight excluding hydrogens is 460 g/mol. The summed E-state index contributed by atoms with van der Waals surface area (Å²) >= 11 is 0. The maximum Gasteiger partial charge on any atom is 0.342 e. The van der Waals surface area contributed by atoms with E-state index in [9.17, 15) is 4.79 Å². The fourth-order valence-electron chi connectivity index (χ4n) is 6.40. The second-order valence-corrected chi connectivity index (χ2v) is 10.6. The molecule has 3 aromatic rings. The van der Waals surface area contributed by atoms with Crippen molar-refractivity contribution < 1.29 is 18.7 Å². The number of ether oxygens (including phenoxy) is 2. The fourth-order valence-corrected chi connectivity index (χ4v) is 6.40. The van der Waals surface area contributed by atoms with Crippen LogP contribution < -0.4 is 4.74 Å². The summed E-state index contributed by atoms with van der Waals surface area (Å²) in [6, 6.07) is 18.4. The number of hydrogen-bond acceptors (Lipinski definition) is 4. The van der Waals surface area contributed by atoms with Crippen LogP contribution in [0.4, 0.5) is 0 Å². The number of esters is 1. The van der Waals surface area contributed by atoms with Gasteiger partial charge in [-0.2, -0.15) is 12.8 Å². The van der Waals surface area contributed by atoms with Gasteiger partial charge < -0.3 is 20.3 Å². The van der Waals surface area contributed by atoms with Gasteiger partial charge in [0.2, 0.25) is 0 Å². The van der Waals surface area contributed by atoms with Gasteiger partial charge in [0.05, 0.1) is 12.9 Å². The van der Waals surface area contributed by atoms with Crippen molar-refractivity contribution in [1.82, 2.24) is 0 Å². The first kappa shape index (κ1) is 25.6. The van der Waals surface area contributed by atoms with Crippen LogP contribution in [0.3, 0.4) is 0 Å².